The van der Waals surface area contributed by atoms with E-state index in [1.54, 1.807) is 0 Å². The minimum absolute atomic E-state index is 0.122. The first-order chi connectivity index (χ1) is 24.5. The lowest BCUT2D eigenvalue weighted by molar-refractivity contribution is 0.151. The first-order valence-corrected chi connectivity index (χ1v) is 19.5. The Hall–Kier alpha value is -3.46. The van der Waals surface area contributed by atoms with E-state index >= 15 is 0 Å². The summed E-state index contributed by atoms with van der Waals surface area (Å²) < 4.78 is 0. The Labute approximate surface area is 319 Å². The van der Waals surface area contributed by atoms with E-state index in [1.165, 1.54) is 44.6 Å². The van der Waals surface area contributed by atoms with E-state index in [2.05, 4.69) is 180 Å². The summed E-state index contributed by atoms with van der Waals surface area (Å²) in [6.45, 7) is 27.2. The minimum Gasteiger partial charge on any atom is -0.392 e. The minimum atomic E-state index is 0.122. The highest BCUT2D eigenvalue weighted by molar-refractivity contribution is 5.33. The molecule has 2 nitrogen and oxygen atoms in total. The third-order valence-corrected chi connectivity index (χ3v) is 11.5. The van der Waals surface area contributed by atoms with E-state index in [0.29, 0.717) is 23.7 Å². The highest BCUT2D eigenvalue weighted by atomic mass is 16.3. The summed E-state index contributed by atoms with van der Waals surface area (Å²) in [7, 11) is 0. The SMILES string of the molecule is CC1=CC[C@H](C/C(C)=C\CO)C(C)(C)[C@@H]1/C=C/C(C)=C\C=C\C(C)=C/C=C/C=C(C)\C=C\C=C(C)/C=C/[C@H]1C(C)=CC[C@H](C/C(C)=C\CO)C1(C)C. The van der Waals surface area contributed by atoms with Crippen molar-refractivity contribution < 1.29 is 10.2 Å². The summed E-state index contributed by atoms with van der Waals surface area (Å²) in [5.74, 6) is 1.94. The van der Waals surface area contributed by atoms with Gasteiger partial charge in [-0.2, -0.15) is 0 Å². The molecule has 0 amide bonds. The molecule has 2 heteroatoms. The fourth-order valence-electron chi connectivity index (χ4n) is 7.78. The van der Waals surface area contributed by atoms with Crippen LogP contribution in [0.3, 0.4) is 0 Å². The Balaban J connectivity index is 1.95. The van der Waals surface area contributed by atoms with Gasteiger partial charge in [0.15, 0.2) is 0 Å². The zero-order valence-corrected chi connectivity index (χ0v) is 34.8. The molecule has 2 N–H and O–H groups in total. The van der Waals surface area contributed by atoms with Crippen LogP contribution in [0.1, 0.15) is 109 Å². The smallest absolute Gasteiger partial charge is 0.0614 e. The second-order valence-electron chi connectivity index (χ2n) is 16.7. The predicted molar refractivity (Wildman–Crippen MR) is 230 cm³/mol. The Morgan fingerprint density at radius 3 is 1.23 bits per heavy atom. The van der Waals surface area contributed by atoms with Gasteiger partial charge < -0.3 is 10.2 Å². The Morgan fingerprint density at radius 2 is 0.885 bits per heavy atom. The lowest BCUT2D eigenvalue weighted by Gasteiger charge is -2.44. The first kappa shape index (κ1) is 44.7. The molecule has 4 atom stereocenters. The van der Waals surface area contributed by atoms with E-state index < -0.39 is 0 Å². The third-order valence-electron chi connectivity index (χ3n) is 11.5. The number of aliphatic hydroxyl groups excluding tert-OH is 2. The van der Waals surface area contributed by atoms with Gasteiger partial charge in [-0.3, -0.25) is 0 Å². The second kappa shape index (κ2) is 21.9. The molecule has 0 saturated carbocycles. The maximum Gasteiger partial charge on any atom is 0.0614 e. The van der Waals surface area contributed by atoms with Crippen molar-refractivity contribution in [3.63, 3.8) is 0 Å². The van der Waals surface area contributed by atoms with Crippen LogP contribution >= 0.6 is 0 Å². The summed E-state index contributed by atoms with van der Waals surface area (Å²) >= 11 is 0. The van der Waals surface area contributed by atoms with Crippen molar-refractivity contribution in [2.24, 2.45) is 34.5 Å². The molecule has 2 aliphatic carbocycles. The summed E-state index contributed by atoms with van der Waals surface area (Å²) in [4.78, 5) is 0. The molecule has 0 radical (unpaired) electrons. The van der Waals surface area contributed by atoms with Crippen molar-refractivity contribution in [2.75, 3.05) is 13.2 Å². The predicted octanol–water partition coefficient (Wildman–Crippen LogP) is 13.4. The zero-order chi connectivity index (χ0) is 38.9. The molecule has 0 unspecified atom stereocenters. The maximum absolute atomic E-state index is 9.31. The molecule has 0 aromatic heterocycles. The lowest BCUT2D eigenvalue weighted by Crippen LogP contribution is -2.35. The van der Waals surface area contributed by atoms with E-state index in [9.17, 15) is 10.2 Å². The van der Waals surface area contributed by atoms with Gasteiger partial charge in [-0.1, -0.05) is 182 Å². The average molecular weight is 705 g/mol. The monoisotopic (exact) mass is 705 g/mol. The van der Waals surface area contributed by atoms with Gasteiger partial charge in [-0.05, 0) is 104 Å². The number of hydrogen-bond donors (Lipinski definition) is 2. The van der Waals surface area contributed by atoms with Gasteiger partial charge in [-0.15, -0.1) is 0 Å². The maximum atomic E-state index is 9.31. The van der Waals surface area contributed by atoms with Crippen LogP contribution in [0.25, 0.3) is 0 Å². The molecule has 0 aliphatic heterocycles. The standard InChI is InChI=1S/C50H72O2/c1-37(19-15-21-39(3)23-29-47-43(7)25-27-45(49(47,9)10)35-41(5)31-33-51)17-13-14-18-38(2)20-16-22-40(4)24-30-48-44(8)26-28-46(50(48,11)12)36-42(6)32-34-52/h13-26,29-32,45-48,51-52H,27-28,33-36H2,1-12H3/b14-13+,19-15+,20-16+,29-23+,30-24+,37-17-,38-18-,39-21-,40-22-,41-31-,42-32-/t45-,46-,47-,48+/m1/s1. The van der Waals surface area contributed by atoms with Gasteiger partial charge in [0, 0.05) is 11.8 Å². The fraction of sp³-hybridized carbons (Fsp3) is 0.480. The molecule has 2 aliphatic rings. The number of allylic oxidation sites excluding steroid dienone is 24. The van der Waals surface area contributed by atoms with Gasteiger partial charge in [0.05, 0.1) is 13.2 Å². The van der Waals surface area contributed by atoms with Gasteiger partial charge in [0.25, 0.3) is 0 Å². The van der Waals surface area contributed by atoms with E-state index in [-0.39, 0.29) is 24.0 Å². The zero-order valence-electron chi connectivity index (χ0n) is 34.8. The van der Waals surface area contributed by atoms with Crippen LogP contribution in [0, 0.1) is 34.5 Å². The summed E-state index contributed by atoms with van der Waals surface area (Å²) in [5.41, 5.74) is 10.7. The summed E-state index contributed by atoms with van der Waals surface area (Å²) in [6, 6.07) is 0. The molecule has 52 heavy (non-hydrogen) atoms. The molecule has 0 aromatic carbocycles. The van der Waals surface area contributed by atoms with Crippen molar-refractivity contribution in [2.45, 2.75) is 109 Å². The van der Waals surface area contributed by atoms with Crippen LogP contribution in [-0.2, 0) is 0 Å². The van der Waals surface area contributed by atoms with Gasteiger partial charge in [0.1, 0.15) is 0 Å². The van der Waals surface area contributed by atoms with E-state index in [4.69, 9.17) is 0 Å². The van der Waals surface area contributed by atoms with Crippen LogP contribution < -0.4 is 0 Å². The van der Waals surface area contributed by atoms with Crippen LogP contribution in [-0.4, -0.2) is 23.4 Å². The Bertz CT molecular complexity index is 1460. The Kier molecular flexibility index (Phi) is 18.8. The molecule has 0 bridgehead atoms. The van der Waals surface area contributed by atoms with E-state index in [0.717, 1.165) is 25.7 Å². The normalized spacial score (nSPS) is 25.7. The van der Waals surface area contributed by atoms with Crippen LogP contribution in [0.4, 0.5) is 0 Å². The van der Waals surface area contributed by atoms with Crippen LogP contribution in [0.5, 0.6) is 0 Å². The summed E-state index contributed by atoms with van der Waals surface area (Å²) in [6.07, 6.45) is 43.7. The molecular formula is C50H72O2. The van der Waals surface area contributed by atoms with Crippen molar-refractivity contribution in [1.82, 2.24) is 0 Å². The fourth-order valence-corrected chi connectivity index (χ4v) is 7.78. The molecule has 284 valence electrons. The van der Waals surface area contributed by atoms with Crippen molar-refractivity contribution >= 4 is 0 Å². The van der Waals surface area contributed by atoms with Crippen molar-refractivity contribution in [3.8, 4) is 0 Å². The molecule has 0 spiro atoms. The van der Waals surface area contributed by atoms with Crippen molar-refractivity contribution in [1.29, 1.82) is 0 Å². The molecule has 0 heterocycles. The van der Waals surface area contributed by atoms with Crippen LogP contribution in [0.15, 0.2) is 154 Å². The largest absolute Gasteiger partial charge is 0.392 e. The quantitative estimate of drug-likeness (QED) is 0.124. The number of hydrogen-bond acceptors (Lipinski definition) is 2. The topological polar surface area (TPSA) is 40.5 Å². The average Bonchev–Trinajstić information content (AvgIpc) is 3.05. The van der Waals surface area contributed by atoms with E-state index in [1.807, 2.05) is 12.2 Å². The Morgan fingerprint density at radius 1 is 0.558 bits per heavy atom. The molecule has 0 fully saturated rings. The molecular weight excluding hydrogens is 633 g/mol. The number of aliphatic hydroxyl groups is 2. The molecule has 2 rings (SSSR count). The second-order valence-corrected chi connectivity index (χ2v) is 16.7. The number of rotatable bonds is 16. The highest BCUT2D eigenvalue weighted by Gasteiger charge is 2.40. The summed E-state index contributed by atoms with van der Waals surface area (Å²) in [5, 5.41) is 18.6. The first-order valence-electron chi connectivity index (χ1n) is 19.5. The van der Waals surface area contributed by atoms with Crippen LogP contribution in [0.2, 0.25) is 0 Å². The molecule has 0 saturated heterocycles. The highest BCUT2D eigenvalue weighted by Crippen LogP contribution is 2.49. The lowest BCUT2D eigenvalue weighted by atomic mass is 9.61. The third kappa shape index (κ3) is 14.5. The van der Waals surface area contributed by atoms with Gasteiger partial charge in [-0.25, -0.2) is 0 Å². The van der Waals surface area contributed by atoms with Gasteiger partial charge >= 0.3 is 0 Å². The van der Waals surface area contributed by atoms with Crippen molar-refractivity contribution in [3.05, 3.63) is 154 Å². The van der Waals surface area contributed by atoms with Gasteiger partial charge in [0.2, 0.25) is 0 Å². The molecule has 0 aromatic rings.